The van der Waals surface area contributed by atoms with Gasteiger partial charge in [-0.1, -0.05) is 12.1 Å². The van der Waals surface area contributed by atoms with Gasteiger partial charge in [-0.25, -0.2) is 13.4 Å². The zero-order chi connectivity index (χ0) is 24.4. The number of aromatic nitrogens is 4. The summed E-state index contributed by atoms with van der Waals surface area (Å²) < 4.78 is 35.7. The largest absolute Gasteiger partial charge is 0.497 e. The van der Waals surface area contributed by atoms with Crippen LogP contribution in [0.3, 0.4) is 0 Å². The van der Waals surface area contributed by atoms with Gasteiger partial charge in [0, 0.05) is 55.8 Å². The summed E-state index contributed by atoms with van der Waals surface area (Å²) >= 11 is 3.55. The molecule has 1 aromatic carbocycles. The lowest BCUT2D eigenvalue weighted by Crippen LogP contribution is -2.38. The molecule has 1 aliphatic rings. The molecule has 35 heavy (non-hydrogen) atoms. The van der Waals surface area contributed by atoms with E-state index in [1.807, 2.05) is 24.4 Å². The van der Waals surface area contributed by atoms with Crippen LogP contribution < -0.4 is 10.1 Å². The first-order chi connectivity index (χ1) is 17.0. The number of pyridine rings is 1. The Kier molecular flexibility index (Phi) is 6.72. The van der Waals surface area contributed by atoms with E-state index in [-0.39, 0.29) is 10.8 Å². The van der Waals surface area contributed by atoms with Gasteiger partial charge >= 0.3 is 0 Å². The molecule has 1 fully saturated rings. The van der Waals surface area contributed by atoms with Crippen molar-refractivity contribution in [3.63, 3.8) is 0 Å². The van der Waals surface area contributed by atoms with E-state index in [4.69, 9.17) is 9.72 Å². The summed E-state index contributed by atoms with van der Waals surface area (Å²) in [7, 11) is -2.06. The third kappa shape index (κ3) is 4.89. The van der Waals surface area contributed by atoms with Crippen molar-refractivity contribution in [3.8, 4) is 5.75 Å². The van der Waals surface area contributed by atoms with E-state index in [0.29, 0.717) is 38.2 Å². The Balaban J connectivity index is 1.35. The number of nitrogens with zero attached hydrogens (tertiary/aromatic N) is 5. The quantitative estimate of drug-likeness (QED) is 0.366. The molecule has 182 valence electrons. The minimum atomic E-state index is -3.59. The normalized spacial score (nSPS) is 15.4. The highest BCUT2D eigenvalue weighted by atomic mass is 79.9. The average molecular weight is 557 g/mol. The number of ether oxygens (including phenoxy) is 1. The van der Waals surface area contributed by atoms with E-state index in [9.17, 15) is 8.42 Å². The topological polar surface area (TPSA) is 102 Å². The first-order valence-corrected chi connectivity index (χ1v) is 13.5. The van der Waals surface area contributed by atoms with Crippen LogP contribution >= 0.6 is 15.9 Å². The summed E-state index contributed by atoms with van der Waals surface area (Å²) in [4.78, 5) is 9.28. The van der Waals surface area contributed by atoms with Crippen molar-refractivity contribution in [1.29, 1.82) is 0 Å². The molecule has 11 heteroatoms. The van der Waals surface area contributed by atoms with Crippen LogP contribution in [0.4, 0.5) is 5.82 Å². The van der Waals surface area contributed by atoms with Crippen molar-refractivity contribution in [2.75, 3.05) is 25.5 Å². The van der Waals surface area contributed by atoms with Gasteiger partial charge in [0.05, 0.1) is 22.7 Å². The zero-order valence-corrected chi connectivity index (χ0v) is 21.5. The number of hydrogen-bond donors (Lipinski definition) is 1. The van der Waals surface area contributed by atoms with E-state index in [1.54, 1.807) is 45.5 Å². The zero-order valence-electron chi connectivity index (χ0n) is 19.1. The predicted octanol–water partition coefficient (Wildman–Crippen LogP) is 4.08. The maximum Gasteiger partial charge on any atom is 0.243 e. The number of benzene rings is 1. The Morgan fingerprint density at radius 2 is 1.97 bits per heavy atom. The molecule has 0 amide bonds. The number of hydrogen-bond acceptors (Lipinski definition) is 7. The summed E-state index contributed by atoms with van der Waals surface area (Å²) in [6, 6.07) is 12.5. The minimum Gasteiger partial charge on any atom is -0.497 e. The predicted molar refractivity (Wildman–Crippen MR) is 136 cm³/mol. The van der Waals surface area contributed by atoms with Gasteiger partial charge in [0.2, 0.25) is 10.0 Å². The van der Waals surface area contributed by atoms with E-state index in [1.165, 1.54) is 7.11 Å². The molecule has 0 bridgehead atoms. The molecular weight excluding hydrogens is 532 g/mol. The number of methoxy groups -OCH3 is 1. The van der Waals surface area contributed by atoms with E-state index in [2.05, 4.69) is 31.3 Å². The van der Waals surface area contributed by atoms with Crippen LogP contribution in [0, 0.1) is 0 Å². The first-order valence-electron chi connectivity index (χ1n) is 11.3. The number of anilines is 1. The third-order valence-electron chi connectivity index (χ3n) is 6.20. The number of piperidine rings is 1. The van der Waals surface area contributed by atoms with Crippen molar-refractivity contribution in [2.45, 2.75) is 30.2 Å². The smallest absolute Gasteiger partial charge is 0.243 e. The molecule has 0 atom stereocenters. The Bertz CT molecular complexity index is 1440. The minimum absolute atomic E-state index is 0.137. The molecule has 5 rings (SSSR count). The van der Waals surface area contributed by atoms with Gasteiger partial charge in [0.15, 0.2) is 5.65 Å². The highest BCUT2D eigenvalue weighted by molar-refractivity contribution is 9.10. The Labute approximate surface area is 212 Å². The summed E-state index contributed by atoms with van der Waals surface area (Å²) in [5.74, 6) is 1.49. The van der Waals surface area contributed by atoms with Crippen LogP contribution in [0.5, 0.6) is 5.75 Å². The van der Waals surface area contributed by atoms with Crippen LogP contribution in [0.25, 0.3) is 5.65 Å². The van der Waals surface area contributed by atoms with Crippen LogP contribution in [-0.2, 0) is 16.6 Å². The van der Waals surface area contributed by atoms with Crippen LogP contribution in [-0.4, -0.2) is 52.5 Å². The molecule has 4 aromatic rings. The van der Waals surface area contributed by atoms with E-state index in [0.717, 1.165) is 27.2 Å². The van der Waals surface area contributed by atoms with Crippen molar-refractivity contribution >= 4 is 37.4 Å². The molecule has 4 heterocycles. The summed E-state index contributed by atoms with van der Waals surface area (Å²) in [6.45, 7) is 1.45. The van der Waals surface area contributed by atoms with Crippen molar-refractivity contribution in [1.82, 2.24) is 23.9 Å². The molecule has 1 N–H and O–H groups in total. The maximum absolute atomic E-state index is 13.2. The van der Waals surface area contributed by atoms with Gasteiger partial charge in [0.25, 0.3) is 0 Å². The highest BCUT2D eigenvalue weighted by Gasteiger charge is 2.31. The van der Waals surface area contributed by atoms with Crippen LogP contribution in [0.1, 0.15) is 30.0 Å². The van der Waals surface area contributed by atoms with Crippen molar-refractivity contribution in [2.24, 2.45) is 0 Å². The molecule has 0 radical (unpaired) electrons. The SMILES string of the molecule is COc1cccc(S(=O)(=O)N2CCC(c3cc(NCc4cccnc4)n4ncc(Br)c4n3)CC2)c1. The second kappa shape index (κ2) is 9.92. The van der Waals surface area contributed by atoms with Gasteiger partial charge < -0.3 is 10.1 Å². The van der Waals surface area contributed by atoms with Crippen molar-refractivity contribution in [3.05, 3.63) is 76.8 Å². The van der Waals surface area contributed by atoms with E-state index < -0.39 is 10.0 Å². The summed E-state index contributed by atoms with van der Waals surface area (Å²) in [5.41, 5.74) is 2.70. The average Bonchev–Trinajstić information content (AvgIpc) is 3.28. The lowest BCUT2D eigenvalue weighted by Gasteiger charge is -2.31. The number of nitrogens with one attached hydrogen (secondary N) is 1. The second-order valence-corrected chi connectivity index (χ2v) is 11.2. The molecular formula is C24H25BrN6O3S. The molecule has 0 saturated carbocycles. The number of sulfonamides is 1. The van der Waals surface area contributed by atoms with Gasteiger partial charge in [-0.3, -0.25) is 4.98 Å². The fourth-order valence-corrected chi connectivity index (χ4v) is 6.14. The Morgan fingerprint density at radius 1 is 1.14 bits per heavy atom. The second-order valence-electron chi connectivity index (χ2n) is 8.37. The molecule has 3 aromatic heterocycles. The lowest BCUT2D eigenvalue weighted by atomic mass is 9.94. The van der Waals surface area contributed by atoms with Gasteiger partial charge in [0.1, 0.15) is 11.6 Å². The Morgan fingerprint density at radius 3 is 2.71 bits per heavy atom. The van der Waals surface area contributed by atoms with Crippen LogP contribution in [0.2, 0.25) is 0 Å². The molecule has 1 aliphatic heterocycles. The number of halogens is 1. The van der Waals surface area contributed by atoms with Gasteiger partial charge in [-0.05, 0) is 52.5 Å². The van der Waals surface area contributed by atoms with Gasteiger partial charge in [-0.2, -0.15) is 13.9 Å². The highest BCUT2D eigenvalue weighted by Crippen LogP contribution is 2.33. The monoisotopic (exact) mass is 556 g/mol. The number of rotatable bonds is 7. The number of fused-ring (bicyclic) bond motifs is 1. The lowest BCUT2D eigenvalue weighted by molar-refractivity contribution is 0.316. The molecule has 9 nitrogen and oxygen atoms in total. The fraction of sp³-hybridized carbons (Fsp3) is 0.292. The summed E-state index contributed by atoms with van der Waals surface area (Å²) in [6.07, 6.45) is 6.66. The summed E-state index contributed by atoms with van der Waals surface area (Å²) in [5, 5.41) is 7.88. The third-order valence-corrected chi connectivity index (χ3v) is 8.65. The van der Waals surface area contributed by atoms with Crippen molar-refractivity contribution < 1.29 is 13.2 Å². The Hall–Kier alpha value is -3.02. The molecule has 0 aliphatic carbocycles. The fourth-order valence-electron chi connectivity index (χ4n) is 4.29. The molecule has 0 unspecified atom stereocenters. The van der Waals surface area contributed by atoms with Gasteiger partial charge in [-0.15, -0.1) is 0 Å². The molecule has 0 spiro atoms. The first kappa shape index (κ1) is 23.7. The standard InChI is InChI=1S/C24H25BrN6O3S/c1-34-19-5-2-6-20(12-19)35(32,33)30-10-7-18(8-11-30)22-13-23(27-15-17-4-3-9-26-14-17)31-24(29-22)21(25)16-28-31/h2-6,9,12-14,16,18,27H,7-8,10-11,15H2,1H3. The van der Waals surface area contributed by atoms with Crippen LogP contribution in [0.15, 0.2) is 70.4 Å². The maximum atomic E-state index is 13.2. The van der Waals surface area contributed by atoms with E-state index >= 15 is 0 Å². The molecule has 1 saturated heterocycles.